The summed E-state index contributed by atoms with van der Waals surface area (Å²) in [4.78, 5) is 10.7. The molecular formula is C34H34N6O19S4. The highest BCUT2D eigenvalue weighted by atomic mass is 32.2. The van der Waals surface area contributed by atoms with E-state index in [-0.39, 0.29) is 32.7 Å². The number of aromatic hydroxyl groups is 1. The maximum Gasteiger partial charge on any atom is 0.319 e. The highest BCUT2D eigenvalue weighted by molar-refractivity contribution is 7.94. The monoisotopic (exact) mass is 958 g/mol. The molecule has 338 valence electrons. The normalized spacial score (nSPS) is 14.6. The first-order valence-electron chi connectivity index (χ1n) is 17.2. The van der Waals surface area contributed by atoms with Gasteiger partial charge >= 0.3 is 6.03 Å². The van der Waals surface area contributed by atoms with Crippen LogP contribution in [0.4, 0.5) is 33.2 Å². The number of ether oxygens (including phenoxy) is 1. The fraction of sp³-hybridized carbons (Fsp3) is 0.206. The number of carbonyl (C=O) groups excluding carboxylic acids is 1. The minimum atomic E-state index is -5.42. The van der Waals surface area contributed by atoms with Gasteiger partial charge in [-0.05, 0) is 66.7 Å². The van der Waals surface area contributed by atoms with Gasteiger partial charge < -0.3 is 40.9 Å². The van der Waals surface area contributed by atoms with Crippen LogP contribution in [0.2, 0.25) is 0 Å². The van der Waals surface area contributed by atoms with Crippen molar-refractivity contribution in [3.8, 4) is 5.75 Å². The van der Waals surface area contributed by atoms with E-state index in [1.54, 1.807) is 0 Å². The number of azo groups is 2. The first-order chi connectivity index (χ1) is 29.6. The summed E-state index contributed by atoms with van der Waals surface area (Å²) in [6.07, 6.45) is -6.75. The second-order valence-electron chi connectivity index (χ2n) is 12.8. The molecule has 0 aliphatic carbocycles. The number of aliphatic hydroxyl groups excluding tert-OH is 4. The van der Waals surface area contributed by atoms with Gasteiger partial charge in [0.2, 0.25) is 0 Å². The molecule has 29 heteroatoms. The van der Waals surface area contributed by atoms with E-state index in [1.165, 1.54) is 42.5 Å². The Bertz CT molecular complexity index is 2920. The molecule has 0 bridgehead atoms. The zero-order valence-electron chi connectivity index (χ0n) is 31.7. The molecule has 0 spiro atoms. The number of benzene rings is 5. The maximum absolute atomic E-state index is 13.0. The van der Waals surface area contributed by atoms with Gasteiger partial charge in [-0.15, -0.1) is 19.7 Å². The van der Waals surface area contributed by atoms with E-state index < -0.39 is 117 Å². The molecule has 63 heavy (non-hydrogen) atoms. The van der Waals surface area contributed by atoms with Gasteiger partial charge in [0, 0.05) is 34.7 Å². The van der Waals surface area contributed by atoms with E-state index in [2.05, 4.69) is 40.5 Å². The minimum Gasteiger partial charge on any atom is -0.505 e. The fourth-order valence-corrected chi connectivity index (χ4v) is 8.07. The van der Waals surface area contributed by atoms with Crippen LogP contribution >= 0.6 is 12.0 Å². The van der Waals surface area contributed by atoms with Gasteiger partial charge in [0.05, 0.1) is 57.8 Å². The van der Waals surface area contributed by atoms with Crippen molar-refractivity contribution in [1.29, 1.82) is 0 Å². The molecule has 5 aromatic rings. The zero-order valence-corrected chi connectivity index (χ0v) is 34.9. The summed E-state index contributed by atoms with van der Waals surface area (Å²) in [5.41, 5.74) is -1.24. The molecule has 2 amide bonds. The lowest BCUT2D eigenvalue weighted by Gasteiger charge is -2.28. The quantitative estimate of drug-likeness (QED) is 0.0195. The number of nitrogens with zero attached hydrogens (tertiary/aromatic N) is 4. The number of amides is 2. The third-order valence-electron chi connectivity index (χ3n) is 8.79. The number of rotatable bonds is 18. The Labute approximate surface area is 359 Å². The molecule has 0 saturated carbocycles. The number of aliphatic hydroxyl groups is 4. The number of phenols is 1. The molecule has 0 radical (unpaired) electrons. The molecule has 0 heterocycles. The van der Waals surface area contributed by atoms with Crippen LogP contribution in [0.15, 0.2) is 113 Å². The Hall–Kier alpha value is -5.35. The molecule has 4 unspecified atom stereocenters. The average Bonchev–Trinajstić information content (AvgIpc) is 3.22. The number of nitrogens with one attached hydrogen (secondary N) is 2. The summed E-state index contributed by atoms with van der Waals surface area (Å²) in [5.74, 6) is -1.21. The number of carbonyl (C=O) groups is 1. The van der Waals surface area contributed by atoms with Crippen molar-refractivity contribution >= 4 is 98.4 Å². The molecular weight excluding hydrogens is 925 g/mol. The lowest BCUT2D eigenvalue weighted by Crippen LogP contribution is -2.50. The van der Waals surface area contributed by atoms with Gasteiger partial charge in [-0.25, -0.2) is 10.1 Å². The van der Waals surface area contributed by atoms with Gasteiger partial charge in [0.25, 0.3) is 30.4 Å². The number of fused-ring (bicyclic) bond motifs is 2. The van der Waals surface area contributed by atoms with Crippen LogP contribution in [-0.4, -0.2) is 120 Å². The lowest BCUT2D eigenvalue weighted by molar-refractivity contribution is -0.432. The first-order valence-corrected chi connectivity index (χ1v) is 22.3. The molecule has 0 aliphatic heterocycles. The van der Waals surface area contributed by atoms with Crippen LogP contribution in [0, 0.1) is 0 Å². The fourth-order valence-electron chi connectivity index (χ4n) is 5.86. The van der Waals surface area contributed by atoms with E-state index in [9.17, 15) is 69.2 Å². The van der Waals surface area contributed by atoms with Crippen molar-refractivity contribution in [1.82, 2.24) is 5.32 Å². The molecule has 11 N–H and O–H groups in total. The van der Waals surface area contributed by atoms with Gasteiger partial charge in [0.15, 0.2) is 5.75 Å². The Morgan fingerprint density at radius 1 is 0.746 bits per heavy atom. The second kappa shape index (κ2) is 20.0. The van der Waals surface area contributed by atoms with Crippen LogP contribution in [0.25, 0.3) is 21.5 Å². The van der Waals surface area contributed by atoms with E-state index in [1.807, 2.05) is 0 Å². The lowest BCUT2D eigenvalue weighted by atomic mass is 10.0. The van der Waals surface area contributed by atoms with Crippen molar-refractivity contribution < 1.29 is 88.6 Å². The van der Waals surface area contributed by atoms with Crippen LogP contribution in [0.5, 0.6) is 5.75 Å². The van der Waals surface area contributed by atoms with Crippen LogP contribution in [-0.2, 0) is 44.5 Å². The number of phenolic OH excluding ortho intramolecular Hbond substituents is 1. The van der Waals surface area contributed by atoms with Gasteiger partial charge in [-0.3, -0.25) is 13.7 Å². The van der Waals surface area contributed by atoms with E-state index in [0.717, 1.165) is 31.4 Å². The minimum absolute atomic E-state index is 0.0954. The number of urea groups is 1. The van der Waals surface area contributed by atoms with E-state index in [4.69, 9.17) is 9.99 Å². The standard InChI is InChI=1S/C34H34N6O19S4/c1-57-33(26(43)15-41)31(44)25(42)14-35-34(46)36-24-10-11-27(62(51,52)53)21-13-28(63(54,55)56)30(32(45)29(21)24)40-39-23-9-8-22(19-7-4-17(12-20(19)23)60-59-58-47)38-37-16-2-5-18(6-3-16)61(48,49)50/h2-13,25-26,31,33,41-45,47H,14-15H2,1H3,(H2,35,36,46)(H,48,49,50)(H,51,52,53)(H,54,55,56). The number of anilines is 1. The van der Waals surface area contributed by atoms with Gasteiger partial charge in [-0.1, -0.05) is 11.1 Å². The molecule has 4 atom stereocenters. The summed E-state index contributed by atoms with van der Waals surface area (Å²) in [6.45, 7) is -1.56. The van der Waals surface area contributed by atoms with Crippen LogP contribution in [0.1, 0.15) is 0 Å². The molecule has 0 aromatic heterocycles. The number of hydrogen-bond donors (Lipinski definition) is 11. The van der Waals surface area contributed by atoms with Crippen LogP contribution in [0.3, 0.4) is 0 Å². The molecule has 0 aliphatic rings. The van der Waals surface area contributed by atoms with Crippen molar-refractivity contribution in [2.75, 3.05) is 25.6 Å². The summed E-state index contributed by atoms with van der Waals surface area (Å²) in [7, 11) is -14.0. The summed E-state index contributed by atoms with van der Waals surface area (Å²) in [5, 5.41) is 83.4. The topological polar surface area (TPSA) is 403 Å². The zero-order chi connectivity index (χ0) is 46.4. The molecule has 5 rings (SSSR count). The SMILES string of the molecule is COC(C(O)CO)C(O)C(O)CNC(=O)Nc1ccc(S(=O)(=O)O)c2cc(S(=O)(=O)O)c(N=Nc3ccc(N=Nc4ccc(S(=O)(=O)O)cc4)c4ccc(SOOO)cc34)c(O)c12. The summed E-state index contributed by atoms with van der Waals surface area (Å²) < 4.78 is 112. The predicted octanol–water partition coefficient (Wildman–Crippen LogP) is 3.91. The van der Waals surface area contributed by atoms with Gasteiger partial charge in [-0.2, -0.15) is 30.4 Å². The Morgan fingerprint density at radius 2 is 1.38 bits per heavy atom. The Kier molecular flexibility index (Phi) is 15.5. The average molecular weight is 959 g/mol. The largest absolute Gasteiger partial charge is 0.505 e. The first kappa shape index (κ1) is 48.7. The second-order valence-corrected chi connectivity index (χ2v) is 17.8. The van der Waals surface area contributed by atoms with E-state index >= 15 is 0 Å². The number of hydrogen-bond acceptors (Lipinski definition) is 21. The molecule has 5 aromatic carbocycles. The molecule has 0 fully saturated rings. The van der Waals surface area contributed by atoms with Crippen molar-refractivity contribution in [2.24, 2.45) is 20.5 Å². The summed E-state index contributed by atoms with van der Waals surface area (Å²) >= 11 is 0.527. The van der Waals surface area contributed by atoms with Gasteiger partial charge in [0.1, 0.15) is 33.8 Å². The van der Waals surface area contributed by atoms with Crippen molar-refractivity contribution in [2.45, 2.75) is 44.0 Å². The summed E-state index contributed by atoms with van der Waals surface area (Å²) in [6, 6.07) is 12.7. The molecule has 25 nitrogen and oxygen atoms in total. The van der Waals surface area contributed by atoms with E-state index in [0.29, 0.717) is 18.1 Å². The highest BCUT2D eigenvalue weighted by Gasteiger charge is 2.32. The smallest absolute Gasteiger partial charge is 0.319 e. The third kappa shape index (κ3) is 11.6. The highest BCUT2D eigenvalue weighted by Crippen LogP contribution is 2.47. The third-order valence-corrected chi connectivity index (χ3v) is 12.0. The van der Waals surface area contributed by atoms with Crippen molar-refractivity contribution in [3.05, 3.63) is 72.8 Å². The molecule has 0 saturated heterocycles. The predicted molar refractivity (Wildman–Crippen MR) is 217 cm³/mol. The van der Waals surface area contributed by atoms with Crippen molar-refractivity contribution in [3.63, 3.8) is 0 Å². The maximum atomic E-state index is 13.0. The number of methoxy groups -OCH3 is 1. The Morgan fingerprint density at radius 3 is 1.97 bits per heavy atom. The Balaban J connectivity index is 1.61. The van der Waals surface area contributed by atoms with Crippen LogP contribution < -0.4 is 10.6 Å².